The van der Waals surface area contributed by atoms with Gasteiger partial charge in [0.15, 0.2) is 17.3 Å². The molecule has 4 aromatic rings. The van der Waals surface area contributed by atoms with Crippen molar-refractivity contribution >= 4 is 5.97 Å². The Bertz CT molecular complexity index is 1390. The summed E-state index contributed by atoms with van der Waals surface area (Å²) in [4.78, 5) is 28.1. The number of hydrogen-bond donors (Lipinski definition) is 0. The number of esters is 1. The molecule has 9 nitrogen and oxygen atoms in total. The summed E-state index contributed by atoms with van der Waals surface area (Å²) in [5.74, 6) is -3.33. The number of carbonyl (C=O) groups is 1. The first kappa shape index (κ1) is 21.9. The van der Waals surface area contributed by atoms with Crippen LogP contribution in [0.5, 0.6) is 11.8 Å². The van der Waals surface area contributed by atoms with Gasteiger partial charge in [0.25, 0.3) is 0 Å². The average Bonchev–Trinajstić information content (AvgIpc) is 3.34. The molecule has 0 unspecified atom stereocenters. The van der Waals surface area contributed by atoms with Crippen LogP contribution in [0.1, 0.15) is 16.1 Å². The van der Waals surface area contributed by atoms with Crippen LogP contribution in [0, 0.1) is 17.5 Å². The molecule has 0 bridgehead atoms. The van der Waals surface area contributed by atoms with Gasteiger partial charge < -0.3 is 14.0 Å². The fraction of sp³-hybridized carbons (Fsp3) is 0.143. The van der Waals surface area contributed by atoms with E-state index in [0.717, 1.165) is 33.8 Å². The molecular weight excluding hydrogens is 443 g/mol. The van der Waals surface area contributed by atoms with Crippen molar-refractivity contribution in [2.24, 2.45) is 7.05 Å². The van der Waals surface area contributed by atoms with E-state index in [0.29, 0.717) is 0 Å². The number of aromatic nitrogens is 5. The number of imidazole rings is 1. The number of ether oxygens (including phenoxy) is 2. The molecule has 0 aliphatic heterocycles. The van der Waals surface area contributed by atoms with Gasteiger partial charge in [0.2, 0.25) is 0 Å². The van der Waals surface area contributed by atoms with E-state index in [1.54, 1.807) is 7.05 Å². The molecule has 33 heavy (non-hydrogen) atoms. The quantitative estimate of drug-likeness (QED) is 0.412. The lowest BCUT2D eigenvalue weighted by Crippen LogP contribution is -2.24. The highest BCUT2D eigenvalue weighted by molar-refractivity contribution is 5.87. The third-order valence-corrected chi connectivity index (χ3v) is 4.71. The van der Waals surface area contributed by atoms with Gasteiger partial charge in [-0.25, -0.2) is 22.8 Å². The van der Waals surface area contributed by atoms with E-state index in [-0.39, 0.29) is 35.2 Å². The van der Waals surface area contributed by atoms with Crippen molar-refractivity contribution < 1.29 is 27.4 Å². The molecule has 170 valence electrons. The molecule has 0 atom stereocenters. The molecule has 2 aromatic heterocycles. The number of hydrogen-bond acceptors (Lipinski definition) is 6. The zero-order valence-electron chi connectivity index (χ0n) is 17.3. The first-order valence-corrected chi connectivity index (χ1v) is 9.45. The summed E-state index contributed by atoms with van der Waals surface area (Å²) in [6, 6.07) is 6.94. The summed E-state index contributed by atoms with van der Waals surface area (Å²) < 4.78 is 55.7. The number of halogens is 3. The van der Waals surface area contributed by atoms with Crippen LogP contribution in [-0.4, -0.2) is 37.0 Å². The van der Waals surface area contributed by atoms with Crippen molar-refractivity contribution in [3.63, 3.8) is 0 Å². The average molecular weight is 459 g/mol. The topological polar surface area (TPSA) is 93.2 Å². The number of benzene rings is 2. The van der Waals surface area contributed by atoms with Gasteiger partial charge in [-0.3, -0.25) is 4.57 Å². The number of methoxy groups -OCH3 is 1. The van der Waals surface area contributed by atoms with Gasteiger partial charge in [-0.1, -0.05) is 6.07 Å². The Kier molecular flexibility index (Phi) is 5.73. The molecule has 0 saturated heterocycles. The molecular formula is C21H16F3N5O4. The largest absolute Gasteiger partial charge is 0.464 e. The second kappa shape index (κ2) is 8.65. The van der Waals surface area contributed by atoms with Crippen molar-refractivity contribution in [2.75, 3.05) is 7.11 Å². The highest BCUT2D eigenvalue weighted by Crippen LogP contribution is 2.25. The standard InChI is InChI=1S/C21H16F3N5O4/c1-27-10-17(19(30)32-2)26-20(27)33-18-7-6-12(8-16(18)24)29-21(31)28(11-25-29)9-13-14(22)4-3-5-15(13)23/h3-8,10-11H,9H2,1-2H3. The van der Waals surface area contributed by atoms with Gasteiger partial charge in [-0.2, -0.15) is 14.8 Å². The number of aryl methyl sites for hydroxylation is 1. The Hall–Kier alpha value is -4.35. The van der Waals surface area contributed by atoms with E-state index in [1.165, 1.54) is 36.1 Å². The smallest absolute Gasteiger partial charge is 0.358 e. The molecule has 0 N–H and O–H groups in total. The van der Waals surface area contributed by atoms with Gasteiger partial charge in [0.05, 0.1) is 19.3 Å². The minimum atomic E-state index is -0.836. The van der Waals surface area contributed by atoms with Gasteiger partial charge in [-0.05, 0) is 24.3 Å². The molecule has 0 saturated carbocycles. The summed E-state index contributed by atoms with van der Waals surface area (Å²) in [6.07, 6.45) is 2.46. The van der Waals surface area contributed by atoms with Gasteiger partial charge in [0, 0.05) is 24.9 Å². The van der Waals surface area contributed by atoms with E-state index in [9.17, 15) is 22.8 Å². The molecule has 0 radical (unpaired) electrons. The van der Waals surface area contributed by atoms with Crippen LogP contribution >= 0.6 is 0 Å². The summed E-state index contributed by atoms with van der Waals surface area (Å²) in [5.41, 5.74) is -0.976. The summed E-state index contributed by atoms with van der Waals surface area (Å²) >= 11 is 0. The Morgan fingerprint density at radius 2 is 1.82 bits per heavy atom. The van der Waals surface area contributed by atoms with Crippen molar-refractivity contribution in [3.05, 3.63) is 88.1 Å². The fourth-order valence-electron chi connectivity index (χ4n) is 3.02. The summed E-state index contributed by atoms with van der Waals surface area (Å²) in [7, 11) is 2.75. The van der Waals surface area contributed by atoms with E-state index in [2.05, 4.69) is 14.8 Å². The summed E-state index contributed by atoms with van der Waals surface area (Å²) in [6.45, 7) is -0.386. The van der Waals surface area contributed by atoms with Crippen molar-refractivity contribution in [1.82, 2.24) is 23.9 Å². The van der Waals surface area contributed by atoms with Gasteiger partial charge in [-0.15, -0.1) is 0 Å². The van der Waals surface area contributed by atoms with Gasteiger partial charge >= 0.3 is 17.7 Å². The SMILES string of the molecule is COC(=O)c1cn(C)c(Oc2ccc(-n3ncn(Cc4c(F)cccc4F)c3=O)cc2F)n1. The van der Waals surface area contributed by atoms with E-state index in [4.69, 9.17) is 4.74 Å². The molecule has 2 aromatic carbocycles. The zero-order chi connectivity index (χ0) is 23.7. The molecule has 4 rings (SSSR count). The first-order chi connectivity index (χ1) is 15.8. The fourth-order valence-corrected chi connectivity index (χ4v) is 3.02. The number of rotatable bonds is 6. The predicted molar refractivity (Wildman–Crippen MR) is 108 cm³/mol. The van der Waals surface area contributed by atoms with Crippen LogP contribution < -0.4 is 10.4 Å². The summed E-state index contributed by atoms with van der Waals surface area (Å²) in [5, 5.41) is 3.89. The molecule has 0 amide bonds. The minimum absolute atomic E-state index is 0.0181. The van der Waals surface area contributed by atoms with E-state index >= 15 is 0 Å². The van der Waals surface area contributed by atoms with Crippen LogP contribution in [0.15, 0.2) is 53.7 Å². The first-order valence-electron chi connectivity index (χ1n) is 9.45. The normalized spacial score (nSPS) is 10.9. The second-order valence-corrected chi connectivity index (χ2v) is 6.88. The predicted octanol–water partition coefficient (Wildman–Crippen LogP) is 2.81. The Balaban J connectivity index is 1.59. The van der Waals surface area contributed by atoms with Crippen molar-refractivity contribution in [3.8, 4) is 17.4 Å². The van der Waals surface area contributed by atoms with E-state index in [1.807, 2.05) is 0 Å². The number of nitrogens with zero attached hydrogens (tertiary/aromatic N) is 5. The maximum atomic E-state index is 14.7. The molecule has 0 spiro atoms. The van der Waals surface area contributed by atoms with E-state index < -0.39 is 29.1 Å². The molecule has 0 aliphatic carbocycles. The van der Waals surface area contributed by atoms with Crippen LogP contribution in [0.4, 0.5) is 13.2 Å². The lowest BCUT2D eigenvalue weighted by atomic mass is 10.2. The van der Waals surface area contributed by atoms with Gasteiger partial charge in [0.1, 0.15) is 18.0 Å². The minimum Gasteiger partial charge on any atom is -0.464 e. The third kappa shape index (κ3) is 4.22. The maximum Gasteiger partial charge on any atom is 0.358 e. The van der Waals surface area contributed by atoms with Crippen LogP contribution in [0.25, 0.3) is 5.69 Å². The van der Waals surface area contributed by atoms with Crippen LogP contribution in [0.3, 0.4) is 0 Å². The van der Waals surface area contributed by atoms with Crippen LogP contribution in [-0.2, 0) is 18.3 Å². The highest BCUT2D eigenvalue weighted by atomic mass is 19.1. The lowest BCUT2D eigenvalue weighted by Gasteiger charge is -2.07. The Labute approximate surface area is 184 Å². The zero-order valence-corrected chi connectivity index (χ0v) is 17.3. The molecule has 2 heterocycles. The Morgan fingerprint density at radius 1 is 1.09 bits per heavy atom. The maximum absolute atomic E-state index is 14.7. The molecule has 0 aliphatic rings. The molecule has 12 heteroatoms. The molecule has 0 fully saturated rings. The highest BCUT2D eigenvalue weighted by Gasteiger charge is 2.18. The monoisotopic (exact) mass is 459 g/mol. The van der Waals surface area contributed by atoms with Crippen LogP contribution in [0.2, 0.25) is 0 Å². The lowest BCUT2D eigenvalue weighted by molar-refractivity contribution is 0.0594. The van der Waals surface area contributed by atoms with Crippen molar-refractivity contribution in [2.45, 2.75) is 6.54 Å². The number of carbonyl (C=O) groups excluding carboxylic acids is 1. The second-order valence-electron chi connectivity index (χ2n) is 6.88. The van der Waals surface area contributed by atoms with Crippen molar-refractivity contribution in [1.29, 1.82) is 0 Å². The third-order valence-electron chi connectivity index (χ3n) is 4.71. The Morgan fingerprint density at radius 3 is 2.48 bits per heavy atom.